The molecule has 0 unspecified atom stereocenters. The number of hydrogen-bond donors (Lipinski definition) is 3. The molecule has 2 rings (SSSR count). The first-order valence-electron chi connectivity index (χ1n) is 6.09. The zero-order valence-corrected chi connectivity index (χ0v) is 10.1. The van der Waals surface area contributed by atoms with Crippen LogP contribution in [0, 0.1) is 0 Å². The minimum atomic E-state index is -0.249. The van der Waals surface area contributed by atoms with E-state index in [0.29, 0.717) is 37.3 Å². The van der Waals surface area contributed by atoms with Gasteiger partial charge in [-0.3, -0.25) is 4.79 Å². The zero-order valence-electron chi connectivity index (χ0n) is 10.1. The van der Waals surface area contributed by atoms with E-state index in [0.717, 1.165) is 0 Å². The normalized spacial score (nSPS) is 22.1. The predicted octanol–water partition coefficient (Wildman–Crippen LogP) is 0.677. The summed E-state index contributed by atoms with van der Waals surface area (Å²) in [6.45, 7) is 0.338. The minimum Gasteiger partial charge on any atom is -0.493 e. The number of benzene rings is 1. The Balaban J connectivity index is 1.62. The molecular weight excluding hydrogens is 232 g/mol. The molecule has 1 amide bonds. The lowest BCUT2D eigenvalue weighted by Gasteiger charge is -2.31. The second-order valence-corrected chi connectivity index (χ2v) is 4.56. The van der Waals surface area contributed by atoms with Gasteiger partial charge in [0, 0.05) is 11.7 Å². The fraction of sp³-hybridized carbons (Fsp3) is 0.462. The second kappa shape index (κ2) is 5.73. The predicted molar refractivity (Wildman–Crippen MR) is 68.1 cm³/mol. The summed E-state index contributed by atoms with van der Waals surface area (Å²) in [7, 11) is 0. The van der Waals surface area contributed by atoms with Crippen LogP contribution in [-0.4, -0.2) is 29.8 Å². The summed E-state index contributed by atoms with van der Waals surface area (Å²) < 4.78 is 5.42. The van der Waals surface area contributed by atoms with Crippen LogP contribution >= 0.6 is 0 Å². The van der Waals surface area contributed by atoms with E-state index >= 15 is 0 Å². The molecule has 1 aromatic carbocycles. The van der Waals surface area contributed by atoms with Crippen LogP contribution in [0.15, 0.2) is 24.3 Å². The average Bonchev–Trinajstić information content (AvgIpc) is 2.30. The van der Waals surface area contributed by atoms with Crippen molar-refractivity contribution in [3.05, 3.63) is 24.3 Å². The van der Waals surface area contributed by atoms with Crippen molar-refractivity contribution in [3.8, 4) is 5.75 Å². The van der Waals surface area contributed by atoms with Crippen molar-refractivity contribution in [1.82, 2.24) is 5.32 Å². The van der Waals surface area contributed by atoms with Crippen LogP contribution in [0.25, 0.3) is 0 Å². The molecule has 0 saturated heterocycles. The Hall–Kier alpha value is -1.75. The van der Waals surface area contributed by atoms with E-state index in [1.54, 1.807) is 24.3 Å². The van der Waals surface area contributed by atoms with E-state index in [-0.39, 0.29) is 18.1 Å². The molecule has 0 spiro atoms. The highest BCUT2D eigenvalue weighted by Gasteiger charge is 2.28. The molecule has 0 radical (unpaired) electrons. The second-order valence-electron chi connectivity index (χ2n) is 4.56. The van der Waals surface area contributed by atoms with E-state index in [1.165, 1.54) is 0 Å². The Morgan fingerprint density at radius 1 is 1.39 bits per heavy atom. The van der Waals surface area contributed by atoms with Gasteiger partial charge in [0.2, 0.25) is 5.91 Å². The average molecular weight is 250 g/mol. The van der Waals surface area contributed by atoms with Crippen LogP contribution in [0.2, 0.25) is 0 Å². The number of anilines is 1. The summed E-state index contributed by atoms with van der Waals surface area (Å²) in [5.41, 5.74) is 6.24. The van der Waals surface area contributed by atoms with Crippen LogP contribution in [0.5, 0.6) is 5.75 Å². The molecule has 1 saturated carbocycles. The van der Waals surface area contributed by atoms with Crippen LogP contribution in [0.4, 0.5) is 5.69 Å². The molecule has 5 heteroatoms. The zero-order chi connectivity index (χ0) is 13.0. The van der Waals surface area contributed by atoms with E-state index in [9.17, 15) is 4.79 Å². The number of nitrogen functional groups attached to an aromatic ring is 1. The number of aliphatic hydroxyl groups is 1. The Morgan fingerprint density at radius 3 is 2.67 bits per heavy atom. The molecule has 1 aliphatic carbocycles. The number of ether oxygens (including phenoxy) is 1. The highest BCUT2D eigenvalue weighted by Crippen LogP contribution is 2.19. The lowest BCUT2D eigenvalue weighted by atomic mass is 9.89. The standard InChI is InChI=1S/C13H18N2O3/c14-9-1-3-12(4-2-9)18-6-5-13(17)15-10-7-11(16)8-10/h1-4,10-11,16H,5-8,14H2,(H,15,17). The van der Waals surface area contributed by atoms with Gasteiger partial charge in [-0.05, 0) is 37.1 Å². The third kappa shape index (κ3) is 3.63. The number of carbonyl (C=O) groups is 1. The summed E-state index contributed by atoms with van der Waals surface area (Å²) in [5.74, 6) is 0.665. The lowest BCUT2D eigenvalue weighted by Crippen LogP contribution is -2.46. The molecule has 1 aliphatic rings. The highest BCUT2D eigenvalue weighted by atomic mass is 16.5. The van der Waals surface area contributed by atoms with Crippen molar-refractivity contribution in [3.63, 3.8) is 0 Å². The molecule has 4 N–H and O–H groups in total. The maximum absolute atomic E-state index is 11.5. The van der Waals surface area contributed by atoms with Gasteiger partial charge in [0.25, 0.3) is 0 Å². The Labute approximate surface area is 106 Å². The topological polar surface area (TPSA) is 84.6 Å². The molecule has 1 aromatic rings. The summed E-state index contributed by atoms with van der Waals surface area (Å²) in [6, 6.07) is 7.19. The van der Waals surface area contributed by atoms with Crippen molar-refractivity contribution in [1.29, 1.82) is 0 Å². The molecule has 0 bridgehead atoms. The first kappa shape index (κ1) is 12.7. The molecular formula is C13H18N2O3. The van der Waals surface area contributed by atoms with Crippen molar-refractivity contribution < 1.29 is 14.6 Å². The van der Waals surface area contributed by atoms with E-state index in [1.807, 2.05) is 0 Å². The van der Waals surface area contributed by atoms with Crippen LogP contribution in [0.1, 0.15) is 19.3 Å². The molecule has 1 fully saturated rings. The molecule has 0 atom stereocenters. The molecule has 0 heterocycles. The van der Waals surface area contributed by atoms with Gasteiger partial charge in [-0.15, -0.1) is 0 Å². The van der Waals surface area contributed by atoms with Gasteiger partial charge in [0.15, 0.2) is 0 Å². The number of rotatable bonds is 5. The maximum Gasteiger partial charge on any atom is 0.223 e. The first-order valence-corrected chi connectivity index (χ1v) is 6.09. The van der Waals surface area contributed by atoms with Crippen molar-refractivity contribution in [2.24, 2.45) is 0 Å². The molecule has 18 heavy (non-hydrogen) atoms. The SMILES string of the molecule is Nc1ccc(OCCC(=O)NC2CC(O)C2)cc1. The van der Waals surface area contributed by atoms with Crippen molar-refractivity contribution in [2.45, 2.75) is 31.4 Å². The van der Waals surface area contributed by atoms with E-state index in [4.69, 9.17) is 15.6 Å². The number of carbonyl (C=O) groups excluding carboxylic acids is 1. The molecule has 5 nitrogen and oxygen atoms in total. The minimum absolute atomic E-state index is 0.0395. The van der Waals surface area contributed by atoms with Crippen LogP contribution in [-0.2, 0) is 4.79 Å². The Kier molecular flexibility index (Phi) is 4.04. The summed E-state index contributed by atoms with van der Waals surface area (Å²) >= 11 is 0. The van der Waals surface area contributed by atoms with Gasteiger partial charge in [0.05, 0.1) is 19.1 Å². The quantitative estimate of drug-likeness (QED) is 0.671. The van der Waals surface area contributed by atoms with Crippen LogP contribution in [0.3, 0.4) is 0 Å². The number of amides is 1. The van der Waals surface area contributed by atoms with Crippen molar-refractivity contribution >= 4 is 11.6 Å². The summed E-state index contributed by atoms with van der Waals surface area (Å²) in [4.78, 5) is 11.5. The van der Waals surface area contributed by atoms with Gasteiger partial charge in [-0.1, -0.05) is 0 Å². The monoisotopic (exact) mass is 250 g/mol. The van der Waals surface area contributed by atoms with Gasteiger partial charge in [-0.25, -0.2) is 0 Å². The Morgan fingerprint density at radius 2 is 2.06 bits per heavy atom. The van der Waals surface area contributed by atoms with Gasteiger partial charge in [0.1, 0.15) is 5.75 Å². The maximum atomic E-state index is 11.5. The van der Waals surface area contributed by atoms with Gasteiger partial charge < -0.3 is 20.9 Å². The van der Waals surface area contributed by atoms with Gasteiger partial charge in [-0.2, -0.15) is 0 Å². The fourth-order valence-electron chi connectivity index (χ4n) is 1.83. The third-order valence-electron chi connectivity index (χ3n) is 2.96. The number of nitrogens with two attached hydrogens (primary N) is 1. The highest BCUT2D eigenvalue weighted by molar-refractivity contribution is 5.76. The first-order chi connectivity index (χ1) is 8.63. The summed E-state index contributed by atoms with van der Waals surface area (Å²) in [6.07, 6.45) is 1.38. The number of hydrogen-bond acceptors (Lipinski definition) is 4. The van der Waals surface area contributed by atoms with Gasteiger partial charge >= 0.3 is 0 Å². The third-order valence-corrected chi connectivity index (χ3v) is 2.96. The van der Waals surface area contributed by atoms with Crippen molar-refractivity contribution in [2.75, 3.05) is 12.3 Å². The molecule has 0 aromatic heterocycles. The van der Waals surface area contributed by atoms with E-state index in [2.05, 4.69) is 5.32 Å². The molecule has 0 aliphatic heterocycles. The summed E-state index contributed by atoms with van der Waals surface area (Å²) in [5, 5.41) is 11.9. The lowest BCUT2D eigenvalue weighted by molar-refractivity contribution is -0.123. The number of nitrogens with one attached hydrogen (secondary N) is 1. The largest absolute Gasteiger partial charge is 0.493 e. The van der Waals surface area contributed by atoms with E-state index < -0.39 is 0 Å². The number of aliphatic hydroxyl groups excluding tert-OH is 1. The Bertz CT molecular complexity index is 399. The van der Waals surface area contributed by atoms with Crippen LogP contribution < -0.4 is 15.8 Å². The molecule has 98 valence electrons. The smallest absolute Gasteiger partial charge is 0.223 e. The fourth-order valence-corrected chi connectivity index (χ4v) is 1.83.